The molecule has 0 saturated carbocycles. The molecule has 1 heterocycles. The number of ketones is 1. The summed E-state index contributed by atoms with van der Waals surface area (Å²) < 4.78 is 11.9. The minimum Gasteiger partial charge on any atom is -0.497 e. The zero-order valence-corrected chi connectivity index (χ0v) is 22.6. The lowest BCUT2D eigenvalue weighted by Crippen LogP contribution is -2.36. The van der Waals surface area contributed by atoms with Crippen LogP contribution in [0.5, 0.6) is 5.75 Å². The lowest BCUT2D eigenvalue weighted by atomic mass is 9.72. The highest BCUT2D eigenvalue weighted by Crippen LogP contribution is 2.46. The second-order valence-corrected chi connectivity index (χ2v) is 11.0. The van der Waals surface area contributed by atoms with Crippen LogP contribution in [0.1, 0.15) is 49.7 Å². The zero-order chi connectivity index (χ0) is 24.9. The molecule has 0 spiro atoms. The molecule has 2 atom stereocenters. The number of rotatable bonds is 8. The molecule has 2 aromatic rings. The first-order valence-electron chi connectivity index (χ1n) is 11.8. The molecule has 0 saturated heterocycles. The van der Waals surface area contributed by atoms with Crippen molar-refractivity contribution in [1.82, 2.24) is 5.32 Å². The fourth-order valence-electron chi connectivity index (χ4n) is 4.83. The summed E-state index contributed by atoms with van der Waals surface area (Å²) in [6.07, 6.45) is 1.10. The summed E-state index contributed by atoms with van der Waals surface area (Å²) in [6, 6.07) is 15.7. The molecule has 2 aliphatic rings. The Kier molecular flexibility index (Phi) is 8.39. The van der Waals surface area contributed by atoms with Gasteiger partial charge in [-0.15, -0.1) is 0 Å². The van der Waals surface area contributed by atoms with Crippen LogP contribution in [0.3, 0.4) is 0 Å². The fraction of sp³-hybridized carbons (Fsp3) is 0.357. The number of carbonyl (C=O) groups is 2. The Morgan fingerprint density at radius 1 is 1.09 bits per heavy atom. The SMILES string of the molecule is CCSCCOC(=O)C1=C(C)NC2=C(C(=O)C[C@H](c3ccc(OC)cc3)C2)[C@@H]1c1ccc(Br)cc1. The maximum absolute atomic E-state index is 13.7. The molecular weight excluding hydrogens is 526 g/mol. The molecule has 1 aliphatic heterocycles. The van der Waals surface area contributed by atoms with E-state index in [1.165, 1.54) is 0 Å². The van der Waals surface area contributed by atoms with Crippen LogP contribution in [0.15, 0.2) is 75.5 Å². The first kappa shape index (κ1) is 25.6. The third-order valence-electron chi connectivity index (χ3n) is 6.50. The Balaban J connectivity index is 1.69. The summed E-state index contributed by atoms with van der Waals surface area (Å²) in [6.45, 7) is 4.32. The van der Waals surface area contributed by atoms with Gasteiger partial charge >= 0.3 is 5.97 Å². The zero-order valence-electron chi connectivity index (χ0n) is 20.2. The van der Waals surface area contributed by atoms with E-state index in [-0.39, 0.29) is 17.7 Å². The van der Waals surface area contributed by atoms with E-state index in [0.29, 0.717) is 30.6 Å². The molecule has 0 amide bonds. The number of hydrogen-bond donors (Lipinski definition) is 1. The maximum Gasteiger partial charge on any atom is 0.336 e. The van der Waals surface area contributed by atoms with Crippen molar-refractivity contribution in [3.63, 3.8) is 0 Å². The van der Waals surface area contributed by atoms with Crippen molar-refractivity contribution in [3.05, 3.63) is 86.7 Å². The van der Waals surface area contributed by atoms with Gasteiger partial charge in [0, 0.05) is 39.5 Å². The molecule has 35 heavy (non-hydrogen) atoms. The van der Waals surface area contributed by atoms with Gasteiger partial charge in [0.25, 0.3) is 0 Å². The van der Waals surface area contributed by atoms with E-state index in [9.17, 15) is 9.59 Å². The predicted molar refractivity (Wildman–Crippen MR) is 144 cm³/mol. The predicted octanol–water partition coefficient (Wildman–Crippen LogP) is 6.12. The van der Waals surface area contributed by atoms with Gasteiger partial charge in [-0.3, -0.25) is 4.79 Å². The number of benzene rings is 2. The van der Waals surface area contributed by atoms with Crippen LogP contribution in [0, 0.1) is 0 Å². The molecule has 7 heteroatoms. The highest BCUT2D eigenvalue weighted by molar-refractivity contribution is 9.10. The van der Waals surface area contributed by atoms with Gasteiger partial charge in [-0.05, 0) is 60.4 Å². The van der Waals surface area contributed by atoms with Crippen LogP contribution in [0.2, 0.25) is 0 Å². The van der Waals surface area contributed by atoms with Crippen molar-refractivity contribution in [3.8, 4) is 5.75 Å². The number of carbonyl (C=O) groups excluding carboxylic acids is 2. The lowest BCUT2D eigenvalue weighted by Gasteiger charge is -2.36. The van der Waals surface area contributed by atoms with Crippen LogP contribution in [0.25, 0.3) is 0 Å². The van der Waals surface area contributed by atoms with E-state index in [1.807, 2.05) is 55.5 Å². The van der Waals surface area contributed by atoms with Gasteiger partial charge < -0.3 is 14.8 Å². The Morgan fingerprint density at radius 2 is 1.77 bits per heavy atom. The third kappa shape index (κ3) is 5.67. The minimum absolute atomic E-state index is 0.0619. The average molecular weight is 557 g/mol. The van der Waals surface area contributed by atoms with E-state index in [2.05, 4.69) is 28.2 Å². The molecule has 0 radical (unpaired) electrons. The molecule has 0 fully saturated rings. The molecule has 0 unspecified atom stereocenters. The number of esters is 1. The molecule has 2 aromatic carbocycles. The van der Waals surface area contributed by atoms with Crippen molar-refractivity contribution in [2.24, 2.45) is 0 Å². The number of thioether (sulfide) groups is 1. The van der Waals surface area contributed by atoms with Crippen LogP contribution in [-0.2, 0) is 14.3 Å². The lowest BCUT2D eigenvalue weighted by molar-refractivity contribution is -0.138. The van der Waals surface area contributed by atoms with Crippen LogP contribution in [0.4, 0.5) is 0 Å². The van der Waals surface area contributed by atoms with Crippen molar-refractivity contribution in [2.75, 3.05) is 25.2 Å². The van der Waals surface area contributed by atoms with Crippen LogP contribution < -0.4 is 10.1 Å². The third-order valence-corrected chi connectivity index (χ3v) is 7.90. The number of methoxy groups -OCH3 is 1. The Labute approximate surface area is 219 Å². The summed E-state index contributed by atoms with van der Waals surface area (Å²) in [4.78, 5) is 26.9. The summed E-state index contributed by atoms with van der Waals surface area (Å²) in [5.74, 6) is 1.83. The van der Waals surface area contributed by atoms with Gasteiger partial charge in [-0.1, -0.05) is 47.1 Å². The van der Waals surface area contributed by atoms with Crippen molar-refractivity contribution in [2.45, 2.75) is 38.5 Å². The number of nitrogens with one attached hydrogen (secondary N) is 1. The van der Waals surface area contributed by atoms with Crippen molar-refractivity contribution in [1.29, 1.82) is 0 Å². The van der Waals surface area contributed by atoms with Gasteiger partial charge in [0.15, 0.2) is 5.78 Å². The summed E-state index contributed by atoms with van der Waals surface area (Å²) in [5.41, 5.74) is 4.85. The first-order valence-corrected chi connectivity index (χ1v) is 13.8. The summed E-state index contributed by atoms with van der Waals surface area (Å²) in [5, 5.41) is 3.41. The van der Waals surface area contributed by atoms with Gasteiger partial charge in [-0.25, -0.2) is 4.79 Å². The molecule has 5 nitrogen and oxygen atoms in total. The number of Topliss-reactive ketones (excluding diaryl/α,β-unsaturated/α-hetero) is 1. The molecule has 184 valence electrons. The molecule has 0 aromatic heterocycles. The number of halogens is 1. The molecule has 1 aliphatic carbocycles. The largest absolute Gasteiger partial charge is 0.497 e. The second-order valence-electron chi connectivity index (χ2n) is 8.67. The van der Waals surface area contributed by atoms with Gasteiger partial charge in [0.1, 0.15) is 12.4 Å². The molecular formula is C28H30BrNO4S. The number of ether oxygens (including phenoxy) is 2. The van der Waals surface area contributed by atoms with Crippen LogP contribution >= 0.6 is 27.7 Å². The standard InChI is InChI=1S/C28H30BrNO4S/c1-4-35-14-13-34-28(32)25-17(2)30-23-15-20(18-7-11-22(33-3)12-8-18)16-24(31)27(23)26(25)19-5-9-21(29)10-6-19/h5-12,20,26,30H,4,13-16H2,1-3H3/t20-,26-/m1/s1. The summed E-state index contributed by atoms with van der Waals surface area (Å²) in [7, 11) is 1.64. The van der Waals surface area contributed by atoms with E-state index in [0.717, 1.165) is 44.2 Å². The quantitative estimate of drug-likeness (QED) is 0.313. The highest BCUT2D eigenvalue weighted by atomic mass is 79.9. The first-order chi connectivity index (χ1) is 16.9. The van der Waals surface area contributed by atoms with Gasteiger partial charge in [0.2, 0.25) is 0 Å². The fourth-order valence-corrected chi connectivity index (χ4v) is 5.58. The van der Waals surface area contributed by atoms with Gasteiger partial charge in [-0.2, -0.15) is 11.8 Å². The van der Waals surface area contributed by atoms with Crippen LogP contribution in [-0.4, -0.2) is 37.0 Å². The van der Waals surface area contributed by atoms with Crippen molar-refractivity contribution >= 4 is 39.4 Å². The maximum atomic E-state index is 13.7. The number of dihydropyridines is 1. The molecule has 4 rings (SSSR count). The average Bonchev–Trinajstić information content (AvgIpc) is 2.86. The Bertz CT molecular complexity index is 1150. The number of hydrogen-bond acceptors (Lipinski definition) is 6. The van der Waals surface area contributed by atoms with Crippen molar-refractivity contribution < 1.29 is 19.1 Å². The topological polar surface area (TPSA) is 64.6 Å². The monoisotopic (exact) mass is 555 g/mol. The van der Waals surface area contributed by atoms with E-state index in [1.54, 1.807) is 18.9 Å². The Hall–Kier alpha value is -2.51. The molecule has 0 bridgehead atoms. The second kappa shape index (κ2) is 11.5. The Morgan fingerprint density at radius 3 is 2.43 bits per heavy atom. The normalized spacial score (nSPS) is 19.8. The minimum atomic E-state index is -0.449. The van der Waals surface area contributed by atoms with E-state index in [4.69, 9.17) is 9.47 Å². The number of allylic oxidation sites excluding steroid dienone is 3. The molecule has 1 N–H and O–H groups in total. The smallest absolute Gasteiger partial charge is 0.336 e. The van der Waals surface area contributed by atoms with E-state index < -0.39 is 5.92 Å². The van der Waals surface area contributed by atoms with E-state index >= 15 is 0 Å². The van der Waals surface area contributed by atoms with Gasteiger partial charge in [0.05, 0.1) is 12.7 Å². The summed E-state index contributed by atoms with van der Waals surface area (Å²) >= 11 is 5.22. The highest BCUT2D eigenvalue weighted by Gasteiger charge is 2.41.